The number of hydrogen-bond donors (Lipinski definition) is 2. The van der Waals surface area contributed by atoms with Gasteiger partial charge >= 0.3 is 0 Å². The van der Waals surface area contributed by atoms with Crippen molar-refractivity contribution >= 4 is 11.6 Å². The number of carbonyl (C=O) groups is 1. The first kappa shape index (κ1) is 14.6. The summed E-state index contributed by atoms with van der Waals surface area (Å²) in [4.78, 5) is 15.2. The van der Waals surface area contributed by atoms with Gasteiger partial charge in [-0.25, -0.2) is 4.98 Å². The zero-order valence-electron chi connectivity index (χ0n) is 10.9. The molecule has 1 amide bonds. The fourth-order valence-electron chi connectivity index (χ4n) is 1.64. The van der Waals surface area contributed by atoms with Gasteiger partial charge in [0.05, 0.1) is 11.9 Å². The second-order valence-corrected chi connectivity index (χ2v) is 5.12. The first-order valence-corrected chi connectivity index (χ1v) is 6.04. The first-order chi connectivity index (χ1) is 8.43. The van der Waals surface area contributed by atoms with E-state index in [1.165, 1.54) is 18.3 Å². The van der Waals surface area contributed by atoms with Crippen LogP contribution in [-0.4, -0.2) is 17.4 Å². The van der Waals surface area contributed by atoms with Crippen LogP contribution in [0.1, 0.15) is 33.1 Å². The summed E-state index contributed by atoms with van der Waals surface area (Å²) in [6.45, 7) is 4.80. The molecule has 18 heavy (non-hydrogen) atoms. The number of nitrogens with zero attached hydrogens (tertiary/aromatic N) is 1. The van der Waals surface area contributed by atoms with Gasteiger partial charge in [0, 0.05) is 6.42 Å². The van der Waals surface area contributed by atoms with Crippen LogP contribution in [0.3, 0.4) is 0 Å². The average Bonchev–Trinajstić information content (AvgIpc) is 2.30. The molecule has 4 nitrogen and oxygen atoms in total. The Labute approximate surface area is 107 Å². The molecule has 1 rings (SSSR count). The molecule has 0 bridgehead atoms. The minimum atomic E-state index is -0.558. The molecule has 1 aromatic heterocycles. The van der Waals surface area contributed by atoms with Gasteiger partial charge in [-0.3, -0.25) is 4.79 Å². The molecule has 0 unspecified atom stereocenters. The number of nitrogens with one attached hydrogen (secondary N) is 1. The molecule has 1 aromatic rings. The van der Waals surface area contributed by atoms with Crippen LogP contribution in [0.2, 0.25) is 0 Å². The van der Waals surface area contributed by atoms with Crippen LogP contribution in [-0.2, 0) is 4.79 Å². The maximum absolute atomic E-state index is 12.6. The quantitative estimate of drug-likeness (QED) is 0.764. The minimum Gasteiger partial charge on any atom is -0.330 e. The van der Waals surface area contributed by atoms with Gasteiger partial charge in [-0.15, -0.1) is 0 Å². The normalized spacial score (nSPS) is 11.3. The van der Waals surface area contributed by atoms with Gasteiger partial charge in [0.25, 0.3) is 0 Å². The predicted octanol–water partition coefficient (Wildman–Crippen LogP) is 2.31. The average molecular weight is 253 g/mol. The molecule has 0 saturated carbocycles. The van der Waals surface area contributed by atoms with Crippen LogP contribution < -0.4 is 11.1 Å². The number of aromatic nitrogens is 1. The Morgan fingerprint density at radius 1 is 1.44 bits per heavy atom. The van der Waals surface area contributed by atoms with E-state index in [-0.39, 0.29) is 11.3 Å². The van der Waals surface area contributed by atoms with E-state index < -0.39 is 5.95 Å². The van der Waals surface area contributed by atoms with Gasteiger partial charge in [0.2, 0.25) is 11.9 Å². The lowest BCUT2D eigenvalue weighted by Gasteiger charge is -2.23. The van der Waals surface area contributed by atoms with Gasteiger partial charge in [-0.05, 0) is 36.9 Å². The fourth-order valence-corrected chi connectivity index (χ4v) is 1.64. The van der Waals surface area contributed by atoms with Crippen molar-refractivity contribution in [3.63, 3.8) is 0 Å². The molecule has 0 radical (unpaired) electrons. The Hall–Kier alpha value is -1.49. The van der Waals surface area contributed by atoms with Crippen LogP contribution in [0.5, 0.6) is 0 Å². The maximum Gasteiger partial charge on any atom is 0.224 e. The molecule has 0 saturated heterocycles. The van der Waals surface area contributed by atoms with E-state index in [2.05, 4.69) is 24.1 Å². The van der Waals surface area contributed by atoms with Crippen LogP contribution in [0, 0.1) is 11.4 Å². The first-order valence-electron chi connectivity index (χ1n) is 6.04. The molecule has 0 fully saturated rings. The van der Waals surface area contributed by atoms with Crippen LogP contribution >= 0.6 is 0 Å². The lowest BCUT2D eigenvalue weighted by molar-refractivity contribution is -0.116. The van der Waals surface area contributed by atoms with E-state index in [1.807, 2.05) is 0 Å². The largest absolute Gasteiger partial charge is 0.330 e. The topological polar surface area (TPSA) is 68.0 Å². The number of nitrogens with two attached hydrogens (primary N) is 1. The highest BCUT2D eigenvalue weighted by Crippen LogP contribution is 2.26. The summed E-state index contributed by atoms with van der Waals surface area (Å²) in [5.41, 5.74) is 6.09. The molecular formula is C13H20FN3O. The highest BCUT2D eigenvalue weighted by atomic mass is 19.1. The zero-order valence-corrected chi connectivity index (χ0v) is 10.9. The van der Waals surface area contributed by atoms with Crippen molar-refractivity contribution in [2.75, 3.05) is 11.9 Å². The number of anilines is 1. The summed E-state index contributed by atoms with van der Waals surface area (Å²) in [6.07, 6.45) is 3.38. The highest BCUT2D eigenvalue weighted by molar-refractivity contribution is 5.90. The standard InChI is InChI=1S/C13H20FN3O/c1-13(2,7-8-15)6-5-12(18)17-10-3-4-11(14)16-9-10/h3-4,9H,5-8,15H2,1-2H3,(H,17,18). The Kier molecular flexibility index (Phi) is 5.22. The van der Waals surface area contributed by atoms with Gasteiger partial charge < -0.3 is 11.1 Å². The van der Waals surface area contributed by atoms with Crippen LogP contribution in [0.4, 0.5) is 10.1 Å². The summed E-state index contributed by atoms with van der Waals surface area (Å²) >= 11 is 0. The Morgan fingerprint density at radius 3 is 2.72 bits per heavy atom. The second kappa shape index (κ2) is 6.44. The summed E-state index contributed by atoms with van der Waals surface area (Å²) in [7, 11) is 0. The number of rotatable bonds is 6. The van der Waals surface area contributed by atoms with E-state index in [9.17, 15) is 9.18 Å². The highest BCUT2D eigenvalue weighted by Gasteiger charge is 2.18. The van der Waals surface area contributed by atoms with E-state index in [0.717, 1.165) is 12.8 Å². The Bertz CT molecular complexity index is 390. The minimum absolute atomic E-state index is 0.0626. The number of hydrogen-bond acceptors (Lipinski definition) is 3. The molecule has 0 aliphatic carbocycles. The van der Waals surface area contributed by atoms with Crippen molar-refractivity contribution in [1.82, 2.24) is 4.98 Å². The lowest BCUT2D eigenvalue weighted by Crippen LogP contribution is -2.20. The van der Waals surface area contributed by atoms with E-state index in [0.29, 0.717) is 18.7 Å². The molecule has 5 heteroatoms. The molecule has 1 heterocycles. The third-order valence-electron chi connectivity index (χ3n) is 2.86. The smallest absolute Gasteiger partial charge is 0.224 e. The number of pyridine rings is 1. The second-order valence-electron chi connectivity index (χ2n) is 5.12. The summed E-state index contributed by atoms with van der Waals surface area (Å²) < 4.78 is 12.6. The predicted molar refractivity (Wildman–Crippen MR) is 69.5 cm³/mol. The fraction of sp³-hybridized carbons (Fsp3) is 0.538. The lowest BCUT2D eigenvalue weighted by atomic mass is 9.84. The summed E-state index contributed by atoms with van der Waals surface area (Å²) in [5, 5.41) is 2.68. The molecule has 0 aliphatic heterocycles. The zero-order chi connectivity index (χ0) is 13.6. The number of halogens is 1. The van der Waals surface area contributed by atoms with Gasteiger partial charge in [0.1, 0.15) is 0 Å². The van der Waals surface area contributed by atoms with Crippen molar-refractivity contribution < 1.29 is 9.18 Å². The van der Waals surface area contributed by atoms with E-state index in [4.69, 9.17) is 5.73 Å². The molecule has 0 atom stereocenters. The Morgan fingerprint density at radius 2 is 2.17 bits per heavy atom. The molecule has 0 aliphatic rings. The third-order valence-corrected chi connectivity index (χ3v) is 2.86. The molecule has 0 aromatic carbocycles. The number of amides is 1. The summed E-state index contributed by atoms with van der Waals surface area (Å²) in [5.74, 6) is -0.648. The van der Waals surface area contributed by atoms with Gasteiger partial charge in [-0.1, -0.05) is 13.8 Å². The van der Waals surface area contributed by atoms with Crippen molar-refractivity contribution in [2.24, 2.45) is 11.1 Å². The van der Waals surface area contributed by atoms with Crippen LogP contribution in [0.25, 0.3) is 0 Å². The van der Waals surface area contributed by atoms with E-state index in [1.54, 1.807) is 0 Å². The SMILES string of the molecule is CC(C)(CCN)CCC(=O)Nc1ccc(F)nc1. The van der Waals surface area contributed by atoms with E-state index >= 15 is 0 Å². The van der Waals surface area contributed by atoms with Crippen molar-refractivity contribution in [3.05, 3.63) is 24.3 Å². The van der Waals surface area contributed by atoms with Crippen molar-refractivity contribution in [2.45, 2.75) is 33.1 Å². The third kappa shape index (κ3) is 5.23. The Balaban J connectivity index is 2.40. The molecule has 3 N–H and O–H groups in total. The van der Waals surface area contributed by atoms with Gasteiger partial charge in [-0.2, -0.15) is 4.39 Å². The van der Waals surface area contributed by atoms with Crippen LogP contribution in [0.15, 0.2) is 18.3 Å². The monoisotopic (exact) mass is 253 g/mol. The van der Waals surface area contributed by atoms with Gasteiger partial charge in [0.15, 0.2) is 0 Å². The summed E-state index contributed by atoms with van der Waals surface area (Å²) in [6, 6.07) is 2.71. The van der Waals surface area contributed by atoms with Crippen molar-refractivity contribution in [3.8, 4) is 0 Å². The molecule has 100 valence electrons. The molecular weight excluding hydrogens is 233 g/mol. The number of carbonyl (C=O) groups excluding carboxylic acids is 1. The molecule has 0 spiro atoms. The van der Waals surface area contributed by atoms with Crippen molar-refractivity contribution in [1.29, 1.82) is 0 Å². The maximum atomic E-state index is 12.6.